The number of nitrogens with one attached hydrogen (secondary N) is 1. The molecule has 19 heavy (non-hydrogen) atoms. The highest BCUT2D eigenvalue weighted by Gasteiger charge is 2.11. The molecule has 0 spiro atoms. The molecule has 0 aliphatic carbocycles. The van der Waals surface area contributed by atoms with Crippen molar-refractivity contribution in [3.8, 4) is 5.75 Å². The number of benzene rings is 1. The highest BCUT2D eigenvalue weighted by molar-refractivity contribution is 9.10. The molecular formula is C12H8BrClF2N2O. The van der Waals surface area contributed by atoms with Gasteiger partial charge in [-0.15, -0.1) is 0 Å². The number of ether oxygens (including phenoxy) is 1. The number of halogens is 4. The quantitative estimate of drug-likeness (QED) is 0.857. The van der Waals surface area contributed by atoms with Gasteiger partial charge in [0.2, 0.25) is 0 Å². The topological polar surface area (TPSA) is 34.1 Å². The fourth-order valence-electron chi connectivity index (χ4n) is 1.40. The first kappa shape index (κ1) is 14.0. The molecule has 0 amide bonds. The first-order valence-corrected chi connectivity index (χ1v) is 6.35. The number of para-hydroxylation sites is 2. The Balaban J connectivity index is 2.27. The molecule has 2 aromatic rings. The van der Waals surface area contributed by atoms with E-state index < -0.39 is 6.61 Å². The molecule has 1 aromatic heterocycles. The Labute approximate surface area is 121 Å². The first-order chi connectivity index (χ1) is 9.06. The second kappa shape index (κ2) is 6.16. The van der Waals surface area contributed by atoms with Crippen LogP contribution < -0.4 is 10.1 Å². The molecule has 2 rings (SSSR count). The van der Waals surface area contributed by atoms with Crippen LogP contribution in [-0.4, -0.2) is 11.6 Å². The summed E-state index contributed by atoms with van der Waals surface area (Å²) in [6.07, 6.45) is 1.55. The lowest BCUT2D eigenvalue weighted by Gasteiger charge is -2.12. The number of aromatic nitrogens is 1. The van der Waals surface area contributed by atoms with Gasteiger partial charge in [-0.1, -0.05) is 23.7 Å². The van der Waals surface area contributed by atoms with Gasteiger partial charge in [0.25, 0.3) is 0 Å². The highest BCUT2D eigenvalue weighted by Crippen LogP contribution is 2.31. The standard InChI is InChI=1S/C12H8BrClF2N2O/c13-7-5-8(14)11(17-6-7)18-9-3-1-2-4-10(9)19-12(15)16/h1-6,12H,(H,17,18). The van der Waals surface area contributed by atoms with Crippen molar-refractivity contribution in [1.29, 1.82) is 0 Å². The number of alkyl halides is 2. The van der Waals surface area contributed by atoms with Crippen LogP contribution in [0, 0.1) is 0 Å². The summed E-state index contributed by atoms with van der Waals surface area (Å²) in [5, 5.41) is 3.21. The zero-order valence-corrected chi connectivity index (χ0v) is 11.8. The third-order valence-electron chi connectivity index (χ3n) is 2.16. The third-order valence-corrected chi connectivity index (χ3v) is 2.89. The molecule has 1 N–H and O–H groups in total. The van der Waals surface area contributed by atoms with Crippen molar-refractivity contribution in [2.75, 3.05) is 5.32 Å². The maximum atomic E-state index is 12.3. The van der Waals surface area contributed by atoms with E-state index in [9.17, 15) is 8.78 Å². The minimum Gasteiger partial charge on any atom is -0.433 e. The molecule has 3 nitrogen and oxygen atoms in total. The van der Waals surface area contributed by atoms with E-state index >= 15 is 0 Å². The van der Waals surface area contributed by atoms with Crippen molar-refractivity contribution < 1.29 is 13.5 Å². The summed E-state index contributed by atoms with van der Waals surface area (Å²) in [4.78, 5) is 4.06. The second-order valence-electron chi connectivity index (χ2n) is 3.48. The summed E-state index contributed by atoms with van der Waals surface area (Å²) >= 11 is 9.22. The summed E-state index contributed by atoms with van der Waals surface area (Å²) in [6.45, 7) is -2.89. The molecule has 100 valence electrons. The van der Waals surface area contributed by atoms with E-state index in [2.05, 4.69) is 31.0 Å². The van der Waals surface area contributed by atoms with E-state index in [1.165, 1.54) is 6.07 Å². The van der Waals surface area contributed by atoms with E-state index in [0.717, 1.165) is 4.47 Å². The van der Waals surface area contributed by atoms with Crippen LogP contribution in [0.4, 0.5) is 20.3 Å². The van der Waals surface area contributed by atoms with Gasteiger partial charge < -0.3 is 10.1 Å². The number of anilines is 2. The molecule has 0 fully saturated rings. The minimum absolute atomic E-state index is 0.0262. The maximum absolute atomic E-state index is 12.3. The molecule has 0 radical (unpaired) electrons. The predicted molar refractivity (Wildman–Crippen MR) is 73.3 cm³/mol. The molecule has 1 aromatic carbocycles. The highest BCUT2D eigenvalue weighted by atomic mass is 79.9. The van der Waals surface area contributed by atoms with Crippen LogP contribution in [0.5, 0.6) is 5.75 Å². The SMILES string of the molecule is FC(F)Oc1ccccc1Nc1ncc(Br)cc1Cl. The van der Waals surface area contributed by atoms with Gasteiger partial charge in [-0.2, -0.15) is 8.78 Å². The summed E-state index contributed by atoms with van der Waals surface area (Å²) in [7, 11) is 0. The van der Waals surface area contributed by atoms with Gasteiger partial charge in [0.1, 0.15) is 11.6 Å². The van der Waals surface area contributed by atoms with E-state index in [1.54, 1.807) is 30.5 Å². The third kappa shape index (κ3) is 3.78. The van der Waals surface area contributed by atoms with Crippen LogP contribution >= 0.6 is 27.5 Å². The van der Waals surface area contributed by atoms with Crippen LogP contribution in [0.1, 0.15) is 0 Å². The Morgan fingerprint density at radius 2 is 2.05 bits per heavy atom. The Bertz CT molecular complexity index is 583. The van der Waals surface area contributed by atoms with Gasteiger partial charge in [0.05, 0.1) is 10.7 Å². The number of pyridine rings is 1. The monoisotopic (exact) mass is 348 g/mol. The lowest BCUT2D eigenvalue weighted by Crippen LogP contribution is -2.05. The van der Waals surface area contributed by atoms with Gasteiger partial charge in [-0.25, -0.2) is 4.98 Å². The Hall–Kier alpha value is -1.40. The van der Waals surface area contributed by atoms with Gasteiger partial charge >= 0.3 is 6.61 Å². The van der Waals surface area contributed by atoms with Crippen molar-refractivity contribution >= 4 is 39.0 Å². The van der Waals surface area contributed by atoms with Crippen LogP contribution in [0.2, 0.25) is 5.02 Å². The summed E-state index contributed by atoms with van der Waals surface area (Å²) in [5.41, 5.74) is 0.361. The van der Waals surface area contributed by atoms with E-state index in [0.29, 0.717) is 16.5 Å². The average molecular weight is 350 g/mol. The zero-order chi connectivity index (χ0) is 13.8. The Kier molecular flexibility index (Phi) is 4.55. The lowest BCUT2D eigenvalue weighted by molar-refractivity contribution is -0.0493. The molecule has 0 aliphatic rings. The molecule has 0 saturated heterocycles. The van der Waals surface area contributed by atoms with Gasteiger partial charge in [0.15, 0.2) is 0 Å². The molecule has 0 saturated carbocycles. The largest absolute Gasteiger partial charge is 0.433 e. The maximum Gasteiger partial charge on any atom is 0.387 e. The first-order valence-electron chi connectivity index (χ1n) is 5.18. The summed E-state index contributed by atoms with van der Waals surface area (Å²) in [6, 6.07) is 7.96. The minimum atomic E-state index is -2.89. The summed E-state index contributed by atoms with van der Waals surface area (Å²) in [5.74, 6) is 0.383. The van der Waals surface area contributed by atoms with Crippen molar-refractivity contribution in [2.45, 2.75) is 6.61 Å². The van der Waals surface area contributed by atoms with Crippen molar-refractivity contribution in [1.82, 2.24) is 4.98 Å². The van der Waals surface area contributed by atoms with Gasteiger partial charge in [-0.3, -0.25) is 0 Å². The molecule has 0 bridgehead atoms. The van der Waals surface area contributed by atoms with E-state index in [4.69, 9.17) is 11.6 Å². The number of hydrogen-bond donors (Lipinski definition) is 1. The van der Waals surface area contributed by atoms with E-state index in [-0.39, 0.29) is 5.75 Å². The molecule has 0 unspecified atom stereocenters. The smallest absolute Gasteiger partial charge is 0.387 e. The number of nitrogens with zero attached hydrogens (tertiary/aromatic N) is 1. The fourth-order valence-corrected chi connectivity index (χ4v) is 2.08. The predicted octanol–water partition coefficient (Wildman–Crippen LogP) is 4.84. The fraction of sp³-hybridized carbons (Fsp3) is 0.0833. The van der Waals surface area contributed by atoms with Crippen LogP contribution in [0.25, 0.3) is 0 Å². The molecule has 0 aliphatic heterocycles. The molecule has 0 atom stereocenters. The zero-order valence-electron chi connectivity index (χ0n) is 9.41. The normalized spacial score (nSPS) is 10.6. The molecule has 1 heterocycles. The van der Waals surface area contributed by atoms with Crippen molar-refractivity contribution in [2.24, 2.45) is 0 Å². The van der Waals surface area contributed by atoms with Crippen LogP contribution in [0.3, 0.4) is 0 Å². The van der Waals surface area contributed by atoms with Gasteiger partial charge in [0, 0.05) is 10.7 Å². The van der Waals surface area contributed by atoms with Crippen LogP contribution in [-0.2, 0) is 0 Å². The van der Waals surface area contributed by atoms with Crippen molar-refractivity contribution in [3.63, 3.8) is 0 Å². The van der Waals surface area contributed by atoms with Crippen molar-refractivity contribution in [3.05, 3.63) is 46.0 Å². The van der Waals surface area contributed by atoms with E-state index in [1.807, 2.05) is 0 Å². The molecular weight excluding hydrogens is 341 g/mol. The number of rotatable bonds is 4. The Morgan fingerprint density at radius 1 is 1.32 bits per heavy atom. The average Bonchev–Trinajstić information content (AvgIpc) is 2.34. The lowest BCUT2D eigenvalue weighted by atomic mass is 10.3. The second-order valence-corrected chi connectivity index (χ2v) is 4.81. The van der Waals surface area contributed by atoms with Gasteiger partial charge in [-0.05, 0) is 34.1 Å². The summed E-state index contributed by atoms with van der Waals surface area (Å²) < 4.78 is 29.7. The number of hydrogen-bond acceptors (Lipinski definition) is 3. The van der Waals surface area contributed by atoms with Crippen LogP contribution in [0.15, 0.2) is 41.0 Å². The Morgan fingerprint density at radius 3 is 2.74 bits per heavy atom. The molecule has 7 heteroatoms.